The van der Waals surface area contributed by atoms with Gasteiger partial charge in [-0.15, -0.1) is 11.3 Å². The molecule has 0 aliphatic carbocycles. The van der Waals surface area contributed by atoms with E-state index >= 15 is 0 Å². The molecule has 0 radical (unpaired) electrons. The highest BCUT2D eigenvalue weighted by atomic mass is 79.9. The minimum Gasteiger partial charge on any atom is -0.321 e. The van der Waals surface area contributed by atoms with Crippen LogP contribution in [0.5, 0.6) is 0 Å². The lowest BCUT2D eigenvalue weighted by atomic mass is 10.0. The molecule has 0 atom stereocenters. The van der Waals surface area contributed by atoms with Gasteiger partial charge < -0.3 is 5.32 Å². The Bertz CT molecular complexity index is 916. The maximum absolute atomic E-state index is 12.8. The molecule has 140 valence electrons. The minimum atomic E-state index is -3.52. The van der Waals surface area contributed by atoms with E-state index in [0.29, 0.717) is 29.6 Å². The maximum atomic E-state index is 12.8. The number of anilines is 1. The Morgan fingerprint density at radius 1 is 1.23 bits per heavy atom. The second-order valence-corrected chi connectivity index (χ2v) is 10.8. The molecule has 0 saturated carbocycles. The SMILES string of the molecule is Cc1cc(Br)ccc1NC(=O)c1ccc(S(=O)(=O)N2CCC(C)CC2)s1. The van der Waals surface area contributed by atoms with Crippen molar-refractivity contribution < 1.29 is 13.2 Å². The molecule has 1 aliphatic rings. The number of amides is 1. The zero-order valence-corrected chi connectivity index (χ0v) is 17.9. The van der Waals surface area contributed by atoms with E-state index in [1.165, 1.54) is 10.4 Å². The highest BCUT2D eigenvalue weighted by Gasteiger charge is 2.29. The van der Waals surface area contributed by atoms with Crippen molar-refractivity contribution in [2.75, 3.05) is 18.4 Å². The van der Waals surface area contributed by atoms with Crippen molar-refractivity contribution in [2.24, 2.45) is 5.92 Å². The molecule has 8 heteroatoms. The number of piperidine rings is 1. The van der Waals surface area contributed by atoms with E-state index in [9.17, 15) is 13.2 Å². The van der Waals surface area contributed by atoms with E-state index < -0.39 is 10.0 Å². The second-order valence-electron chi connectivity index (χ2n) is 6.62. The van der Waals surface area contributed by atoms with E-state index in [-0.39, 0.29) is 10.1 Å². The Hall–Kier alpha value is -1.22. The van der Waals surface area contributed by atoms with Crippen LogP contribution in [0.1, 0.15) is 35.0 Å². The monoisotopic (exact) mass is 456 g/mol. The lowest BCUT2D eigenvalue weighted by Crippen LogP contribution is -2.37. The Morgan fingerprint density at radius 2 is 1.92 bits per heavy atom. The fraction of sp³-hybridized carbons (Fsp3) is 0.389. The topological polar surface area (TPSA) is 66.5 Å². The number of hydrogen-bond donors (Lipinski definition) is 1. The number of nitrogens with one attached hydrogen (secondary N) is 1. The molecule has 1 saturated heterocycles. The summed E-state index contributed by atoms with van der Waals surface area (Å²) >= 11 is 4.41. The van der Waals surface area contributed by atoms with Crippen LogP contribution in [0.2, 0.25) is 0 Å². The van der Waals surface area contributed by atoms with Gasteiger partial charge in [-0.1, -0.05) is 22.9 Å². The Labute approximate surface area is 166 Å². The average Bonchev–Trinajstić information content (AvgIpc) is 3.09. The molecular formula is C18H21BrN2O3S2. The second kappa shape index (κ2) is 7.80. The number of thiophene rings is 1. The number of rotatable bonds is 4. The van der Waals surface area contributed by atoms with E-state index in [1.54, 1.807) is 6.07 Å². The van der Waals surface area contributed by atoms with Crippen molar-refractivity contribution in [2.45, 2.75) is 30.9 Å². The van der Waals surface area contributed by atoms with E-state index in [4.69, 9.17) is 0 Å². The number of carbonyl (C=O) groups is 1. The molecule has 2 heterocycles. The third-order valence-electron chi connectivity index (χ3n) is 4.58. The van der Waals surface area contributed by atoms with Crippen LogP contribution >= 0.6 is 27.3 Å². The van der Waals surface area contributed by atoms with Crippen LogP contribution in [0.4, 0.5) is 5.69 Å². The number of sulfonamides is 1. The van der Waals surface area contributed by atoms with E-state index in [1.807, 2.05) is 25.1 Å². The van der Waals surface area contributed by atoms with E-state index in [0.717, 1.165) is 34.2 Å². The summed E-state index contributed by atoms with van der Waals surface area (Å²) in [5.74, 6) is 0.259. The van der Waals surface area contributed by atoms with Gasteiger partial charge in [-0.25, -0.2) is 8.42 Å². The maximum Gasteiger partial charge on any atom is 0.265 e. The van der Waals surface area contributed by atoms with Gasteiger partial charge in [0, 0.05) is 23.2 Å². The summed E-state index contributed by atoms with van der Waals surface area (Å²) in [4.78, 5) is 12.9. The first-order valence-electron chi connectivity index (χ1n) is 8.45. The highest BCUT2D eigenvalue weighted by Crippen LogP contribution is 2.29. The third kappa shape index (κ3) is 4.19. The molecule has 0 unspecified atom stereocenters. The number of nitrogens with zero attached hydrogens (tertiary/aromatic N) is 1. The predicted molar refractivity (Wildman–Crippen MR) is 108 cm³/mol. The predicted octanol–water partition coefficient (Wildman–Crippen LogP) is 4.49. The molecule has 26 heavy (non-hydrogen) atoms. The van der Waals surface area contributed by atoms with Crippen LogP contribution < -0.4 is 5.32 Å². The lowest BCUT2D eigenvalue weighted by Gasteiger charge is -2.28. The van der Waals surface area contributed by atoms with Crippen LogP contribution in [0.25, 0.3) is 0 Å². The van der Waals surface area contributed by atoms with Crippen molar-refractivity contribution in [1.82, 2.24) is 4.31 Å². The number of halogens is 1. The average molecular weight is 457 g/mol. The summed E-state index contributed by atoms with van der Waals surface area (Å²) in [5, 5.41) is 2.85. The first-order chi connectivity index (χ1) is 12.3. The Morgan fingerprint density at radius 3 is 2.58 bits per heavy atom. The van der Waals surface area contributed by atoms with Crippen molar-refractivity contribution in [3.8, 4) is 0 Å². The van der Waals surface area contributed by atoms with Gasteiger partial charge in [0.15, 0.2) is 0 Å². The molecule has 2 aromatic rings. The van der Waals surface area contributed by atoms with Crippen molar-refractivity contribution in [3.05, 3.63) is 45.2 Å². The zero-order chi connectivity index (χ0) is 18.9. The number of aryl methyl sites for hydroxylation is 1. The van der Waals surface area contributed by atoms with Gasteiger partial charge in [0.2, 0.25) is 0 Å². The molecule has 5 nitrogen and oxygen atoms in total. The normalized spacial score (nSPS) is 16.6. The molecule has 0 bridgehead atoms. The van der Waals surface area contributed by atoms with E-state index in [2.05, 4.69) is 28.2 Å². The summed E-state index contributed by atoms with van der Waals surface area (Å²) in [6.07, 6.45) is 1.75. The summed E-state index contributed by atoms with van der Waals surface area (Å²) in [6.45, 7) is 5.13. The van der Waals surface area contributed by atoms with Gasteiger partial charge in [0.25, 0.3) is 15.9 Å². The molecule has 1 N–H and O–H groups in total. The van der Waals surface area contributed by atoms with Crippen LogP contribution in [-0.2, 0) is 10.0 Å². The molecule has 3 rings (SSSR count). The van der Waals surface area contributed by atoms with Crippen molar-refractivity contribution >= 4 is 48.9 Å². The van der Waals surface area contributed by atoms with Gasteiger partial charge in [0.05, 0.1) is 4.88 Å². The lowest BCUT2D eigenvalue weighted by molar-refractivity contribution is 0.103. The fourth-order valence-corrected chi connectivity index (χ4v) is 6.19. The quantitative estimate of drug-likeness (QED) is 0.736. The van der Waals surface area contributed by atoms with Crippen LogP contribution in [0.3, 0.4) is 0 Å². The van der Waals surface area contributed by atoms with Gasteiger partial charge in [-0.05, 0) is 61.6 Å². The summed E-state index contributed by atoms with van der Waals surface area (Å²) in [7, 11) is -3.52. The summed E-state index contributed by atoms with van der Waals surface area (Å²) in [6, 6.07) is 8.69. The minimum absolute atomic E-state index is 0.227. The highest BCUT2D eigenvalue weighted by molar-refractivity contribution is 9.10. The zero-order valence-electron chi connectivity index (χ0n) is 14.7. The molecule has 1 aromatic heterocycles. The van der Waals surface area contributed by atoms with Gasteiger partial charge in [-0.3, -0.25) is 4.79 Å². The fourth-order valence-electron chi connectivity index (χ4n) is 2.88. The molecule has 1 amide bonds. The number of benzene rings is 1. The van der Waals surface area contributed by atoms with Crippen LogP contribution in [-0.4, -0.2) is 31.7 Å². The first kappa shape index (κ1) is 19.5. The standard InChI is InChI=1S/C18H21BrN2O3S2/c1-12-7-9-21(10-8-12)26(23,24)17-6-5-16(25-17)18(22)20-15-4-3-14(19)11-13(15)2/h3-6,11-12H,7-10H2,1-2H3,(H,20,22). The van der Waals surface area contributed by atoms with Crippen molar-refractivity contribution in [3.63, 3.8) is 0 Å². The Balaban J connectivity index is 1.75. The molecule has 1 fully saturated rings. The summed E-state index contributed by atoms with van der Waals surface area (Å²) < 4.78 is 28.3. The largest absolute Gasteiger partial charge is 0.321 e. The molecule has 1 aliphatic heterocycles. The van der Waals surface area contributed by atoms with Crippen molar-refractivity contribution in [1.29, 1.82) is 0 Å². The number of carbonyl (C=O) groups excluding carboxylic acids is 1. The first-order valence-corrected chi connectivity index (χ1v) is 11.5. The summed E-state index contributed by atoms with van der Waals surface area (Å²) in [5.41, 5.74) is 1.64. The van der Waals surface area contributed by atoms with Crippen LogP contribution in [0.15, 0.2) is 39.0 Å². The smallest absolute Gasteiger partial charge is 0.265 e. The van der Waals surface area contributed by atoms with Gasteiger partial charge in [0.1, 0.15) is 4.21 Å². The van der Waals surface area contributed by atoms with Gasteiger partial charge >= 0.3 is 0 Å². The molecular weight excluding hydrogens is 436 g/mol. The van der Waals surface area contributed by atoms with Crippen LogP contribution in [0, 0.1) is 12.8 Å². The molecule has 1 aromatic carbocycles. The Kier molecular flexibility index (Phi) is 5.86. The number of hydrogen-bond acceptors (Lipinski definition) is 4. The third-order valence-corrected chi connectivity index (χ3v) is 8.52. The van der Waals surface area contributed by atoms with Gasteiger partial charge in [-0.2, -0.15) is 4.31 Å². The molecule has 0 spiro atoms.